The molecule has 0 aromatic carbocycles. The van der Waals surface area contributed by atoms with Crippen molar-refractivity contribution in [3.05, 3.63) is 5.32 Å². The monoisotopic (exact) mass is 193 g/mol. The van der Waals surface area contributed by atoms with E-state index in [1.54, 1.807) is 0 Å². The van der Waals surface area contributed by atoms with Crippen LogP contribution in [0.15, 0.2) is 0 Å². The van der Waals surface area contributed by atoms with Crippen molar-refractivity contribution in [2.75, 3.05) is 54.4 Å². The summed E-state index contributed by atoms with van der Waals surface area (Å²) in [5.74, 6) is 0. The van der Waals surface area contributed by atoms with Crippen LogP contribution >= 0.6 is 0 Å². The largest absolute Gasteiger partial charge is 1.00 e. The van der Waals surface area contributed by atoms with Gasteiger partial charge in [0.15, 0.2) is 0 Å². The van der Waals surface area contributed by atoms with Gasteiger partial charge in [-0.25, -0.2) is 0 Å². The number of nitrogens with zero attached hydrogens (tertiary/aromatic N) is 3. The molecule has 0 heterocycles. The molecule has 0 N–H and O–H groups in total. The van der Waals surface area contributed by atoms with E-state index in [9.17, 15) is 0 Å². The summed E-state index contributed by atoms with van der Waals surface area (Å²) >= 11 is 0. The van der Waals surface area contributed by atoms with Gasteiger partial charge in [0, 0.05) is 0 Å². The first-order valence-electron chi connectivity index (χ1n) is 5.05. The first-order valence-corrected chi connectivity index (χ1v) is 5.05. The third-order valence-corrected chi connectivity index (χ3v) is 1.84. The zero-order valence-corrected chi connectivity index (χ0v) is 10.6. The molecule has 0 aliphatic heterocycles. The average Bonchev–Trinajstić information content (AvgIpc) is 2.01. The van der Waals surface area contributed by atoms with Crippen LogP contribution in [0.1, 0.15) is 12.8 Å². The molecular formula is C10H24LiN3. The quantitative estimate of drug-likeness (QED) is 0.337. The van der Waals surface area contributed by atoms with Gasteiger partial charge in [-0.05, 0) is 41.3 Å². The summed E-state index contributed by atoms with van der Waals surface area (Å²) in [6, 6.07) is 0. The number of rotatable bonds is 8. The molecule has 0 unspecified atom stereocenters. The first-order chi connectivity index (χ1) is 6.13. The Balaban J connectivity index is 0. The molecule has 0 aliphatic carbocycles. The normalized spacial score (nSPS) is 10.7. The molecule has 0 spiro atoms. The molecule has 0 radical (unpaired) electrons. The summed E-state index contributed by atoms with van der Waals surface area (Å²) in [7, 11) is 8.41. The second kappa shape index (κ2) is 11.6. The first kappa shape index (κ1) is 16.9. The van der Waals surface area contributed by atoms with E-state index >= 15 is 0 Å². The van der Waals surface area contributed by atoms with Crippen molar-refractivity contribution in [2.45, 2.75) is 12.8 Å². The summed E-state index contributed by atoms with van der Waals surface area (Å²) in [6.45, 7) is 4.34. The summed E-state index contributed by atoms with van der Waals surface area (Å²) in [5, 5.41) is 4.46. The van der Waals surface area contributed by atoms with Gasteiger partial charge in [-0.1, -0.05) is 12.8 Å². The maximum absolute atomic E-state index is 4.46. The minimum atomic E-state index is 0. The van der Waals surface area contributed by atoms with Gasteiger partial charge in [0.05, 0.1) is 0 Å². The molecule has 0 saturated heterocycles. The van der Waals surface area contributed by atoms with E-state index in [0.29, 0.717) is 0 Å². The molecule has 0 fully saturated rings. The Bertz CT molecular complexity index is 95.5. The van der Waals surface area contributed by atoms with E-state index in [1.807, 2.05) is 0 Å². The van der Waals surface area contributed by atoms with Gasteiger partial charge in [0.2, 0.25) is 0 Å². The number of hydrogen-bond donors (Lipinski definition) is 0. The molecule has 0 aliphatic rings. The van der Waals surface area contributed by atoms with Gasteiger partial charge in [0.1, 0.15) is 0 Å². The number of hydrogen-bond acceptors (Lipinski definition) is 2. The van der Waals surface area contributed by atoms with Crippen molar-refractivity contribution in [1.82, 2.24) is 9.80 Å². The SMILES string of the molecule is CN(C)CCC[N-]CCCN(C)C.[Li+]. The predicted molar refractivity (Wildman–Crippen MR) is 59.4 cm³/mol. The van der Waals surface area contributed by atoms with E-state index in [2.05, 4.69) is 43.3 Å². The Morgan fingerprint density at radius 3 is 1.43 bits per heavy atom. The summed E-state index contributed by atoms with van der Waals surface area (Å²) in [4.78, 5) is 4.41. The van der Waals surface area contributed by atoms with Crippen molar-refractivity contribution in [3.63, 3.8) is 0 Å². The van der Waals surface area contributed by atoms with E-state index in [1.165, 1.54) is 12.8 Å². The molecule has 0 aromatic heterocycles. The fourth-order valence-electron chi connectivity index (χ4n) is 1.11. The minimum absolute atomic E-state index is 0. The van der Waals surface area contributed by atoms with E-state index in [4.69, 9.17) is 0 Å². The molecule has 0 saturated carbocycles. The van der Waals surface area contributed by atoms with Crippen LogP contribution in [0.3, 0.4) is 0 Å². The van der Waals surface area contributed by atoms with Crippen molar-refractivity contribution in [2.24, 2.45) is 0 Å². The molecule has 0 bridgehead atoms. The van der Waals surface area contributed by atoms with Gasteiger partial charge >= 0.3 is 18.9 Å². The summed E-state index contributed by atoms with van der Waals surface area (Å²) < 4.78 is 0. The van der Waals surface area contributed by atoms with Crippen molar-refractivity contribution in [3.8, 4) is 0 Å². The fraction of sp³-hybridized carbons (Fsp3) is 1.00. The Hall–Kier alpha value is 0.477. The zero-order chi connectivity index (χ0) is 10.1. The van der Waals surface area contributed by atoms with E-state index < -0.39 is 0 Å². The van der Waals surface area contributed by atoms with Crippen LogP contribution in [0.5, 0.6) is 0 Å². The van der Waals surface area contributed by atoms with Crippen LogP contribution in [-0.4, -0.2) is 64.2 Å². The third kappa shape index (κ3) is 15.0. The molecule has 0 atom stereocenters. The molecule has 3 nitrogen and oxygen atoms in total. The molecular weight excluding hydrogens is 169 g/mol. The second-order valence-electron chi connectivity index (χ2n) is 3.98. The smallest absolute Gasteiger partial charge is 0.662 e. The molecule has 80 valence electrons. The topological polar surface area (TPSA) is 20.6 Å². The maximum Gasteiger partial charge on any atom is 1.00 e. The molecule has 14 heavy (non-hydrogen) atoms. The Labute approximate surface area is 101 Å². The minimum Gasteiger partial charge on any atom is -0.662 e. The van der Waals surface area contributed by atoms with Crippen molar-refractivity contribution < 1.29 is 18.9 Å². The van der Waals surface area contributed by atoms with Crippen LogP contribution < -0.4 is 18.9 Å². The van der Waals surface area contributed by atoms with Gasteiger partial charge < -0.3 is 15.1 Å². The van der Waals surface area contributed by atoms with Gasteiger partial charge in [-0.3, -0.25) is 0 Å². The molecule has 0 rings (SSSR count). The van der Waals surface area contributed by atoms with Gasteiger partial charge in [-0.15, -0.1) is 13.1 Å². The predicted octanol–water partition coefficient (Wildman–Crippen LogP) is -1.73. The summed E-state index contributed by atoms with van der Waals surface area (Å²) in [6.07, 6.45) is 2.38. The van der Waals surface area contributed by atoms with Crippen LogP contribution in [0.4, 0.5) is 0 Å². The average molecular weight is 193 g/mol. The Morgan fingerprint density at radius 2 is 1.14 bits per heavy atom. The van der Waals surface area contributed by atoms with Crippen LogP contribution in [0, 0.1) is 0 Å². The Kier molecular flexibility index (Phi) is 13.9. The van der Waals surface area contributed by atoms with Crippen molar-refractivity contribution >= 4 is 0 Å². The molecule has 0 amide bonds. The second-order valence-corrected chi connectivity index (χ2v) is 3.98. The van der Waals surface area contributed by atoms with Crippen LogP contribution in [0.2, 0.25) is 0 Å². The van der Waals surface area contributed by atoms with E-state index in [-0.39, 0.29) is 18.9 Å². The molecule has 0 aromatic rings. The summed E-state index contributed by atoms with van der Waals surface area (Å²) in [5.41, 5.74) is 0. The zero-order valence-electron chi connectivity index (χ0n) is 10.6. The van der Waals surface area contributed by atoms with Gasteiger partial charge in [0.25, 0.3) is 0 Å². The third-order valence-electron chi connectivity index (χ3n) is 1.84. The van der Waals surface area contributed by atoms with Crippen molar-refractivity contribution in [1.29, 1.82) is 0 Å². The van der Waals surface area contributed by atoms with Crippen LogP contribution in [-0.2, 0) is 0 Å². The standard InChI is InChI=1S/C10H24N3.Li/c1-12(2)9-5-7-11-8-6-10-13(3)4;/h5-10H2,1-4H3;/q-1;+1. The Morgan fingerprint density at radius 1 is 0.786 bits per heavy atom. The fourth-order valence-corrected chi connectivity index (χ4v) is 1.11. The van der Waals surface area contributed by atoms with Gasteiger partial charge in [-0.2, -0.15) is 0 Å². The van der Waals surface area contributed by atoms with Crippen LogP contribution in [0.25, 0.3) is 5.32 Å². The van der Waals surface area contributed by atoms with E-state index in [0.717, 1.165) is 26.2 Å². The molecule has 4 heteroatoms. The maximum atomic E-state index is 4.46.